The minimum absolute atomic E-state index is 0.0528. The van der Waals surface area contributed by atoms with Crippen molar-refractivity contribution in [1.29, 1.82) is 0 Å². The summed E-state index contributed by atoms with van der Waals surface area (Å²) in [6.45, 7) is 4.96. The van der Waals surface area contributed by atoms with Gasteiger partial charge >= 0.3 is 0 Å². The molecule has 7 heteroatoms. The first kappa shape index (κ1) is 25.2. The summed E-state index contributed by atoms with van der Waals surface area (Å²) in [7, 11) is 0. The summed E-state index contributed by atoms with van der Waals surface area (Å²) in [5.74, 6) is -0.911. The number of rotatable bonds is 9. The Hall–Kier alpha value is -3.42. The van der Waals surface area contributed by atoms with E-state index in [1.807, 2.05) is 24.3 Å². The highest BCUT2D eigenvalue weighted by molar-refractivity contribution is 6.21. The van der Waals surface area contributed by atoms with E-state index >= 15 is 0 Å². The maximum atomic E-state index is 13.6. The fraction of sp³-hybridized carbons (Fsp3) is 0.333. The molecule has 0 N–H and O–H groups in total. The zero-order chi connectivity index (χ0) is 25.8. The number of imide groups is 1. The van der Waals surface area contributed by atoms with E-state index in [-0.39, 0.29) is 29.5 Å². The van der Waals surface area contributed by atoms with Crippen LogP contribution >= 0.6 is 0 Å². The first-order chi connectivity index (χ1) is 18.0. The third-order valence-corrected chi connectivity index (χ3v) is 7.38. The predicted octanol–water partition coefficient (Wildman–Crippen LogP) is 5.14. The maximum absolute atomic E-state index is 13.6. The van der Waals surface area contributed by atoms with Crippen LogP contribution in [0.3, 0.4) is 0 Å². The van der Waals surface area contributed by atoms with E-state index in [9.17, 15) is 18.4 Å². The number of hydrogen-bond acceptors (Lipinski definition) is 4. The van der Waals surface area contributed by atoms with Crippen molar-refractivity contribution in [1.82, 2.24) is 14.7 Å². The van der Waals surface area contributed by atoms with Gasteiger partial charge < -0.3 is 4.90 Å². The molecule has 2 aliphatic rings. The molecule has 0 spiro atoms. The van der Waals surface area contributed by atoms with E-state index in [2.05, 4.69) is 9.80 Å². The van der Waals surface area contributed by atoms with Crippen molar-refractivity contribution in [2.24, 2.45) is 0 Å². The molecule has 5 rings (SSSR count). The summed E-state index contributed by atoms with van der Waals surface area (Å²) in [6.07, 6.45) is 2.74. The molecule has 1 saturated heterocycles. The topological polar surface area (TPSA) is 43.9 Å². The van der Waals surface area contributed by atoms with Crippen molar-refractivity contribution < 1.29 is 18.4 Å². The number of carbonyl (C=O) groups is 2. The van der Waals surface area contributed by atoms with Crippen LogP contribution < -0.4 is 0 Å². The lowest BCUT2D eigenvalue weighted by atomic mass is 9.96. The molecule has 0 aliphatic carbocycles. The molecule has 0 radical (unpaired) electrons. The van der Waals surface area contributed by atoms with Crippen LogP contribution in [0.5, 0.6) is 0 Å². The number of piperazine rings is 1. The number of benzene rings is 3. The van der Waals surface area contributed by atoms with E-state index in [0.29, 0.717) is 17.7 Å². The Bertz CT molecular complexity index is 1160. The van der Waals surface area contributed by atoms with Gasteiger partial charge in [0.05, 0.1) is 17.2 Å². The summed E-state index contributed by atoms with van der Waals surface area (Å²) in [5.41, 5.74) is 3.00. The van der Waals surface area contributed by atoms with Crippen molar-refractivity contribution in [3.05, 3.63) is 107 Å². The normalized spacial score (nSPS) is 16.6. The lowest BCUT2D eigenvalue weighted by Crippen LogP contribution is -2.48. The molecule has 0 atom stereocenters. The van der Waals surface area contributed by atoms with Crippen LogP contribution in [0.15, 0.2) is 72.8 Å². The number of halogens is 2. The monoisotopic (exact) mass is 503 g/mol. The van der Waals surface area contributed by atoms with Crippen molar-refractivity contribution in [3.8, 4) is 0 Å². The molecule has 37 heavy (non-hydrogen) atoms. The molecule has 0 unspecified atom stereocenters. The molecular formula is C30H31F2N3O2. The molecule has 3 aromatic rings. The molecule has 1 fully saturated rings. The van der Waals surface area contributed by atoms with Crippen LogP contribution in [0.1, 0.15) is 57.1 Å². The van der Waals surface area contributed by atoms with Gasteiger partial charge in [0.25, 0.3) is 11.8 Å². The second kappa shape index (κ2) is 11.3. The van der Waals surface area contributed by atoms with E-state index in [4.69, 9.17) is 0 Å². The Morgan fingerprint density at radius 1 is 0.622 bits per heavy atom. The summed E-state index contributed by atoms with van der Waals surface area (Å²) < 4.78 is 27.1. The number of amides is 2. The molecule has 192 valence electrons. The van der Waals surface area contributed by atoms with Gasteiger partial charge in [0.1, 0.15) is 11.6 Å². The second-order valence-electron chi connectivity index (χ2n) is 9.75. The first-order valence-corrected chi connectivity index (χ1v) is 12.9. The van der Waals surface area contributed by atoms with Crippen molar-refractivity contribution in [3.63, 3.8) is 0 Å². The third kappa shape index (κ3) is 5.63. The van der Waals surface area contributed by atoms with Crippen LogP contribution in [0.2, 0.25) is 0 Å². The Morgan fingerprint density at radius 3 is 1.62 bits per heavy atom. The minimum Gasteiger partial charge on any atom is -0.301 e. The van der Waals surface area contributed by atoms with Crippen molar-refractivity contribution >= 4 is 11.8 Å². The van der Waals surface area contributed by atoms with Crippen LogP contribution in [0.4, 0.5) is 8.78 Å². The maximum Gasteiger partial charge on any atom is 0.261 e. The fourth-order valence-corrected chi connectivity index (χ4v) is 5.37. The average molecular weight is 504 g/mol. The molecule has 5 nitrogen and oxygen atoms in total. The van der Waals surface area contributed by atoms with Crippen molar-refractivity contribution in [2.45, 2.75) is 25.3 Å². The third-order valence-electron chi connectivity index (χ3n) is 7.38. The van der Waals surface area contributed by atoms with Gasteiger partial charge in [-0.3, -0.25) is 19.4 Å². The standard InChI is InChI=1S/C30H31F2N3O2/c31-24-12-8-22(9-13-24)28(23-10-14-25(32)15-11-23)34-20-18-33(19-21-34)16-4-1-5-17-35-29(36)26-6-2-3-7-27(26)30(35)37/h2-3,6-15,28H,1,4-5,16-21H2. The largest absolute Gasteiger partial charge is 0.301 e. The fourth-order valence-electron chi connectivity index (χ4n) is 5.37. The quantitative estimate of drug-likeness (QED) is 0.300. The second-order valence-corrected chi connectivity index (χ2v) is 9.75. The molecule has 3 aromatic carbocycles. The number of carbonyl (C=O) groups excluding carboxylic acids is 2. The zero-order valence-corrected chi connectivity index (χ0v) is 20.8. The highest BCUT2D eigenvalue weighted by Crippen LogP contribution is 2.30. The van der Waals surface area contributed by atoms with Gasteiger partial charge in [-0.15, -0.1) is 0 Å². The van der Waals surface area contributed by atoms with Gasteiger partial charge in [0, 0.05) is 32.7 Å². The van der Waals surface area contributed by atoms with Crippen LogP contribution in [-0.2, 0) is 0 Å². The predicted molar refractivity (Wildman–Crippen MR) is 138 cm³/mol. The highest BCUT2D eigenvalue weighted by atomic mass is 19.1. The smallest absolute Gasteiger partial charge is 0.261 e. The van der Waals surface area contributed by atoms with Crippen LogP contribution in [0, 0.1) is 11.6 Å². The van der Waals surface area contributed by atoms with E-state index < -0.39 is 0 Å². The molecule has 0 saturated carbocycles. The van der Waals surface area contributed by atoms with Gasteiger partial charge in [0.15, 0.2) is 0 Å². The zero-order valence-electron chi connectivity index (χ0n) is 20.8. The molecule has 0 bridgehead atoms. The molecule has 2 heterocycles. The molecule has 0 aromatic heterocycles. The number of fused-ring (bicyclic) bond motifs is 1. The highest BCUT2D eigenvalue weighted by Gasteiger charge is 2.34. The van der Waals surface area contributed by atoms with Crippen LogP contribution in [-0.4, -0.2) is 65.8 Å². The van der Waals surface area contributed by atoms with Gasteiger partial charge in [-0.2, -0.15) is 0 Å². The Morgan fingerprint density at radius 2 is 1.11 bits per heavy atom. The van der Waals surface area contributed by atoms with Crippen LogP contribution in [0.25, 0.3) is 0 Å². The summed E-state index contributed by atoms with van der Waals surface area (Å²) in [5, 5.41) is 0. The number of unbranched alkanes of at least 4 members (excludes halogenated alkanes) is 2. The Kier molecular flexibility index (Phi) is 7.72. The lowest BCUT2D eigenvalue weighted by Gasteiger charge is -2.40. The number of hydrogen-bond donors (Lipinski definition) is 0. The summed E-state index contributed by atoms with van der Waals surface area (Å²) in [4.78, 5) is 31.2. The van der Waals surface area contributed by atoms with Gasteiger partial charge in [-0.05, 0) is 66.9 Å². The van der Waals surface area contributed by atoms with E-state index in [0.717, 1.165) is 63.1 Å². The first-order valence-electron chi connectivity index (χ1n) is 12.9. The Balaban J connectivity index is 1.10. The lowest BCUT2D eigenvalue weighted by molar-refractivity contribution is 0.0650. The summed E-state index contributed by atoms with van der Waals surface area (Å²) >= 11 is 0. The minimum atomic E-state index is -0.269. The van der Waals surface area contributed by atoms with Gasteiger partial charge in [-0.25, -0.2) is 8.78 Å². The summed E-state index contributed by atoms with van der Waals surface area (Å²) in [6, 6.07) is 20.1. The number of nitrogens with zero attached hydrogens (tertiary/aromatic N) is 3. The molecule has 2 aliphatic heterocycles. The Labute approximate surface area is 216 Å². The van der Waals surface area contributed by atoms with E-state index in [1.165, 1.54) is 29.2 Å². The average Bonchev–Trinajstić information content (AvgIpc) is 3.16. The molecule has 2 amide bonds. The molecular weight excluding hydrogens is 472 g/mol. The SMILES string of the molecule is O=C1c2ccccc2C(=O)N1CCCCCN1CCN(C(c2ccc(F)cc2)c2ccc(F)cc2)CC1. The van der Waals surface area contributed by atoms with E-state index in [1.54, 1.807) is 24.3 Å². The van der Waals surface area contributed by atoms with Gasteiger partial charge in [0.2, 0.25) is 0 Å². The van der Waals surface area contributed by atoms with Gasteiger partial charge in [-0.1, -0.05) is 42.8 Å². The van der Waals surface area contributed by atoms with Crippen molar-refractivity contribution in [2.75, 3.05) is 39.3 Å².